The lowest BCUT2D eigenvalue weighted by molar-refractivity contribution is 1.29. The second-order valence-corrected chi connectivity index (χ2v) is 8.51. The van der Waals surface area contributed by atoms with Crippen molar-refractivity contribution in [1.29, 1.82) is 0 Å². The fraction of sp³-hybridized carbons (Fsp3) is 0.143. The second-order valence-electron chi connectivity index (χ2n) is 2.14. The van der Waals surface area contributed by atoms with E-state index in [9.17, 15) is 0 Å². The Hall–Kier alpha value is 0.180. The number of hydrogen-bond acceptors (Lipinski definition) is 1. The molecule has 1 unspecified atom stereocenters. The molecule has 1 atom stereocenters. The van der Waals surface area contributed by atoms with Gasteiger partial charge in [0, 0.05) is 5.30 Å². The van der Waals surface area contributed by atoms with E-state index in [-0.39, 0.29) is 0 Å². The molecule has 11 heavy (non-hydrogen) atoms. The first-order valence-electron chi connectivity index (χ1n) is 3.24. The highest BCUT2D eigenvalue weighted by atomic mass is 32.9. The van der Waals surface area contributed by atoms with Crippen molar-refractivity contribution in [3.63, 3.8) is 0 Å². The first-order valence-corrected chi connectivity index (χ1v) is 7.20. The van der Waals surface area contributed by atoms with Crippen molar-refractivity contribution in [3.8, 4) is 0 Å². The molecule has 0 spiro atoms. The summed E-state index contributed by atoms with van der Waals surface area (Å²) < 4.78 is 0. The summed E-state index contributed by atoms with van der Waals surface area (Å²) >= 11 is 9.67. The summed E-state index contributed by atoms with van der Waals surface area (Å²) in [6.07, 6.45) is 0. The molecule has 0 aromatic heterocycles. The van der Waals surface area contributed by atoms with Crippen molar-refractivity contribution in [2.75, 3.05) is 7.05 Å². The molecular weight excluding hydrogens is 193 g/mol. The van der Waals surface area contributed by atoms with Gasteiger partial charge >= 0.3 is 0 Å². The monoisotopic (exact) mass is 203 g/mol. The summed E-state index contributed by atoms with van der Waals surface area (Å²) in [5, 5.41) is 2.41. The van der Waals surface area contributed by atoms with Crippen molar-refractivity contribution >= 4 is 34.8 Å². The van der Waals surface area contributed by atoms with Crippen molar-refractivity contribution in [2.24, 2.45) is 0 Å². The molecule has 4 heteroatoms. The van der Waals surface area contributed by atoms with Gasteiger partial charge in [0.25, 0.3) is 0 Å². The first kappa shape index (κ1) is 9.27. The minimum atomic E-state index is -1.75. The van der Waals surface area contributed by atoms with Crippen LogP contribution in [0.3, 0.4) is 0 Å². The molecule has 0 saturated heterocycles. The van der Waals surface area contributed by atoms with E-state index >= 15 is 0 Å². The van der Waals surface area contributed by atoms with E-state index in [1.807, 2.05) is 37.4 Å². The summed E-state index contributed by atoms with van der Waals surface area (Å²) in [6, 6.07) is 9.94. The number of benzene rings is 1. The van der Waals surface area contributed by atoms with Gasteiger partial charge in [-0.05, 0) is 7.05 Å². The molecule has 1 N–H and O–H groups in total. The molecule has 0 amide bonds. The standard InChI is InChI=1S/C7H10NPS2/c1-8-9(10,11)7-5-3-2-4-6-7/h2-6H,1H3,(H2,8,10,11). The molecule has 1 aromatic carbocycles. The molecule has 0 heterocycles. The van der Waals surface area contributed by atoms with Crippen molar-refractivity contribution in [1.82, 2.24) is 5.09 Å². The van der Waals surface area contributed by atoms with E-state index in [0.717, 1.165) is 5.30 Å². The minimum Gasteiger partial charge on any atom is -0.281 e. The van der Waals surface area contributed by atoms with Crippen LogP contribution in [0.4, 0.5) is 0 Å². The van der Waals surface area contributed by atoms with Crippen molar-refractivity contribution in [3.05, 3.63) is 30.3 Å². The Kier molecular flexibility index (Phi) is 3.14. The van der Waals surface area contributed by atoms with E-state index in [4.69, 9.17) is 11.8 Å². The van der Waals surface area contributed by atoms with Gasteiger partial charge in [-0.2, -0.15) is 0 Å². The van der Waals surface area contributed by atoms with Gasteiger partial charge < -0.3 is 0 Å². The first-order chi connectivity index (χ1) is 5.17. The summed E-state index contributed by atoms with van der Waals surface area (Å²) in [7, 11) is 1.85. The molecule has 0 saturated carbocycles. The van der Waals surface area contributed by atoms with Crippen LogP contribution >= 0.6 is 17.6 Å². The maximum atomic E-state index is 5.28. The fourth-order valence-electron chi connectivity index (χ4n) is 0.759. The SMILES string of the molecule is CNP(=S)(S)c1ccccc1. The zero-order chi connectivity index (χ0) is 8.32. The van der Waals surface area contributed by atoms with Crippen molar-refractivity contribution in [2.45, 2.75) is 0 Å². The molecule has 60 valence electrons. The Morgan fingerprint density at radius 1 is 1.36 bits per heavy atom. The van der Waals surface area contributed by atoms with Gasteiger partial charge in [-0.15, -0.1) is 12.2 Å². The Morgan fingerprint density at radius 2 is 1.91 bits per heavy atom. The smallest absolute Gasteiger partial charge is 0.0894 e. The van der Waals surface area contributed by atoms with Gasteiger partial charge in [0.05, 0.1) is 5.39 Å². The second kappa shape index (κ2) is 3.72. The van der Waals surface area contributed by atoms with Crippen LogP contribution in [0, 0.1) is 0 Å². The molecule has 1 rings (SSSR count). The van der Waals surface area contributed by atoms with Crippen LogP contribution in [-0.2, 0) is 11.8 Å². The number of hydrogen-bond donors (Lipinski definition) is 2. The van der Waals surface area contributed by atoms with Crippen LogP contribution < -0.4 is 10.4 Å². The van der Waals surface area contributed by atoms with E-state index in [0.29, 0.717) is 0 Å². The minimum absolute atomic E-state index is 1.11. The molecule has 1 aromatic rings. The summed E-state index contributed by atoms with van der Waals surface area (Å²) in [5.41, 5.74) is 0. The van der Waals surface area contributed by atoms with Gasteiger partial charge in [-0.3, -0.25) is 5.09 Å². The third kappa shape index (κ3) is 2.31. The summed E-state index contributed by atoms with van der Waals surface area (Å²) in [4.78, 5) is 0. The van der Waals surface area contributed by atoms with Crippen LogP contribution in [0.25, 0.3) is 0 Å². The van der Waals surface area contributed by atoms with E-state index in [1.165, 1.54) is 0 Å². The zero-order valence-corrected chi connectivity index (χ0v) is 8.79. The molecule has 0 aliphatic carbocycles. The Labute approximate surface area is 77.4 Å². The van der Waals surface area contributed by atoms with Gasteiger partial charge in [-0.1, -0.05) is 42.1 Å². The highest BCUT2D eigenvalue weighted by molar-refractivity contribution is 8.65. The number of thiol groups is 1. The largest absolute Gasteiger partial charge is 0.281 e. The maximum absolute atomic E-state index is 5.28. The molecular formula is C7H10NPS2. The Bertz CT molecular complexity index is 273. The molecule has 0 bridgehead atoms. The Balaban J connectivity index is 3.03. The topological polar surface area (TPSA) is 12.0 Å². The van der Waals surface area contributed by atoms with Gasteiger partial charge in [-0.25, -0.2) is 0 Å². The lowest BCUT2D eigenvalue weighted by Crippen LogP contribution is -2.10. The predicted molar refractivity (Wildman–Crippen MR) is 58.4 cm³/mol. The van der Waals surface area contributed by atoms with Gasteiger partial charge in [0.1, 0.15) is 0 Å². The van der Waals surface area contributed by atoms with Gasteiger partial charge in [0.15, 0.2) is 0 Å². The predicted octanol–water partition coefficient (Wildman–Crippen LogP) is 1.77. The molecule has 0 aliphatic rings. The lowest BCUT2D eigenvalue weighted by atomic mass is 10.4. The highest BCUT2D eigenvalue weighted by Gasteiger charge is 2.09. The fourth-order valence-corrected chi connectivity index (χ4v) is 2.36. The van der Waals surface area contributed by atoms with Crippen LogP contribution in [0.2, 0.25) is 0 Å². The van der Waals surface area contributed by atoms with E-state index < -0.39 is 5.39 Å². The van der Waals surface area contributed by atoms with Crippen LogP contribution in [0.5, 0.6) is 0 Å². The molecule has 1 nitrogen and oxygen atoms in total. The lowest BCUT2D eigenvalue weighted by Gasteiger charge is -2.13. The normalized spacial score (nSPS) is 15.8. The number of rotatable bonds is 2. The van der Waals surface area contributed by atoms with Crippen LogP contribution in [0.15, 0.2) is 30.3 Å². The average Bonchev–Trinajstić information content (AvgIpc) is 2.06. The summed E-state index contributed by atoms with van der Waals surface area (Å²) in [5.74, 6) is 0. The average molecular weight is 203 g/mol. The van der Waals surface area contributed by atoms with Crippen LogP contribution in [-0.4, -0.2) is 7.05 Å². The molecule has 0 radical (unpaired) electrons. The highest BCUT2D eigenvalue weighted by Crippen LogP contribution is 2.43. The van der Waals surface area contributed by atoms with E-state index in [2.05, 4.69) is 17.3 Å². The Morgan fingerprint density at radius 3 is 2.36 bits per heavy atom. The quantitative estimate of drug-likeness (QED) is 0.561. The maximum Gasteiger partial charge on any atom is 0.0894 e. The molecule has 0 fully saturated rings. The third-order valence-corrected chi connectivity index (χ3v) is 5.49. The van der Waals surface area contributed by atoms with Crippen LogP contribution in [0.1, 0.15) is 0 Å². The third-order valence-electron chi connectivity index (χ3n) is 1.41. The van der Waals surface area contributed by atoms with Gasteiger partial charge in [0.2, 0.25) is 0 Å². The summed E-state index contributed by atoms with van der Waals surface area (Å²) in [6.45, 7) is 0. The molecule has 0 aliphatic heterocycles. The number of nitrogens with one attached hydrogen (secondary N) is 1. The zero-order valence-electron chi connectivity index (χ0n) is 6.19. The van der Waals surface area contributed by atoms with E-state index in [1.54, 1.807) is 0 Å². The van der Waals surface area contributed by atoms with Crippen molar-refractivity contribution < 1.29 is 0 Å².